The van der Waals surface area contributed by atoms with Crippen LogP contribution in [0, 0.1) is 0 Å². The summed E-state index contributed by atoms with van der Waals surface area (Å²) in [6, 6.07) is 7.01. The van der Waals surface area contributed by atoms with Crippen molar-refractivity contribution >= 4 is 29.6 Å². The Kier molecular flexibility index (Phi) is 6.09. The van der Waals surface area contributed by atoms with Crippen LogP contribution in [0.25, 0.3) is 6.08 Å². The highest BCUT2D eigenvalue weighted by atomic mass is 35.5. The summed E-state index contributed by atoms with van der Waals surface area (Å²) in [6.45, 7) is 3.83. The number of ether oxygens (including phenoxy) is 1. The molecule has 19 heavy (non-hydrogen) atoms. The molecule has 1 atom stereocenters. The minimum atomic E-state index is -0.803. The summed E-state index contributed by atoms with van der Waals surface area (Å²) in [7, 11) is 0. The molecular formula is C14H16ClNO3. The van der Waals surface area contributed by atoms with Gasteiger partial charge >= 0.3 is 5.97 Å². The molecule has 0 fully saturated rings. The van der Waals surface area contributed by atoms with E-state index in [0.717, 1.165) is 5.56 Å². The molecular weight excluding hydrogens is 266 g/mol. The first-order valence-corrected chi connectivity index (χ1v) is 6.32. The van der Waals surface area contributed by atoms with E-state index in [9.17, 15) is 9.59 Å². The molecule has 0 saturated carbocycles. The van der Waals surface area contributed by atoms with Crippen LogP contribution < -0.4 is 5.32 Å². The van der Waals surface area contributed by atoms with Gasteiger partial charge in [0.2, 0.25) is 0 Å². The van der Waals surface area contributed by atoms with Crippen molar-refractivity contribution in [2.45, 2.75) is 20.0 Å². The number of amides is 1. The lowest BCUT2D eigenvalue weighted by atomic mass is 10.2. The van der Waals surface area contributed by atoms with Crippen LogP contribution in [-0.4, -0.2) is 24.5 Å². The van der Waals surface area contributed by atoms with Crippen molar-refractivity contribution in [1.82, 2.24) is 5.32 Å². The molecule has 0 aliphatic carbocycles. The number of nitrogens with one attached hydrogen (secondary N) is 1. The summed E-state index contributed by atoms with van der Waals surface area (Å²) in [5.41, 5.74) is 0.826. The number of likely N-dealkylation sites (N-methyl/N-ethyl adjacent to an activating group) is 1. The highest BCUT2D eigenvalue weighted by Crippen LogP contribution is 2.10. The van der Waals surface area contributed by atoms with Gasteiger partial charge in [-0.15, -0.1) is 0 Å². The fraction of sp³-hybridized carbons (Fsp3) is 0.286. The maximum atomic E-state index is 11.5. The monoisotopic (exact) mass is 281 g/mol. The molecule has 102 valence electrons. The molecule has 1 amide bonds. The predicted octanol–water partition coefficient (Wildman–Crippen LogP) is 2.42. The molecule has 1 aromatic rings. The second-order valence-electron chi connectivity index (χ2n) is 3.86. The minimum absolute atomic E-state index is 0.309. The van der Waals surface area contributed by atoms with Crippen molar-refractivity contribution in [1.29, 1.82) is 0 Å². The summed E-state index contributed by atoms with van der Waals surface area (Å²) in [5, 5.41) is 3.21. The number of hydrogen-bond donors (Lipinski definition) is 1. The summed E-state index contributed by atoms with van der Waals surface area (Å²) < 4.78 is 4.95. The lowest BCUT2D eigenvalue weighted by Gasteiger charge is -2.10. The summed E-state index contributed by atoms with van der Waals surface area (Å²) >= 11 is 5.75. The van der Waals surface area contributed by atoms with E-state index in [-0.39, 0.29) is 5.91 Å². The summed E-state index contributed by atoms with van der Waals surface area (Å²) in [6.07, 6.45) is 2.07. The van der Waals surface area contributed by atoms with Crippen molar-refractivity contribution in [3.05, 3.63) is 40.9 Å². The zero-order valence-corrected chi connectivity index (χ0v) is 11.6. The molecule has 1 aromatic carbocycles. The van der Waals surface area contributed by atoms with Gasteiger partial charge in [-0.1, -0.05) is 23.7 Å². The molecule has 0 aliphatic heterocycles. The van der Waals surface area contributed by atoms with E-state index in [1.54, 1.807) is 37.3 Å². The number of carbonyl (C=O) groups excluding carboxylic acids is 2. The first-order chi connectivity index (χ1) is 9.02. The highest BCUT2D eigenvalue weighted by Gasteiger charge is 2.14. The molecule has 0 heterocycles. The average Bonchev–Trinajstić information content (AvgIpc) is 2.38. The number of rotatable bonds is 5. The number of halogens is 1. The van der Waals surface area contributed by atoms with Crippen LogP contribution in [0.15, 0.2) is 30.3 Å². The number of esters is 1. The molecule has 4 nitrogen and oxygen atoms in total. The largest absolute Gasteiger partial charge is 0.449 e. The molecule has 1 N–H and O–H groups in total. The van der Waals surface area contributed by atoms with E-state index in [0.29, 0.717) is 11.6 Å². The van der Waals surface area contributed by atoms with E-state index in [1.807, 2.05) is 0 Å². The van der Waals surface area contributed by atoms with Gasteiger partial charge in [0.25, 0.3) is 5.91 Å². The molecule has 5 heteroatoms. The van der Waals surface area contributed by atoms with E-state index in [2.05, 4.69) is 5.32 Å². The van der Waals surface area contributed by atoms with Crippen LogP contribution in [-0.2, 0) is 14.3 Å². The molecule has 0 aromatic heterocycles. The molecule has 0 aliphatic rings. The molecule has 0 spiro atoms. The van der Waals surface area contributed by atoms with E-state index < -0.39 is 12.1 Å². The first kappa shape index (κ1) is 15.2. The second-order valence-corrected chi connectivity index (χ2v) is 4.30. The maximum Gasteiger partial charge on any atom is 0.331 e. The van der Waals surface area contributed by atoms with Crippen LogP contribution in [0.3, 0.4) is 0 Å². The SMILES string of the molecule is CCNC(=O)[C@H](C)OC(=O)/C=C/c1ccc(Cl)cc1. The van der Waals surface area contributed by atoms with Crippen molar-refractivity contribution in [2.24, 2.45) is 0 Å². The summed E-state index contributed by atoms with van der Waals surface area (Å²) in [4.78, 5) is 22.9. The van der Waals surface area contributed by atoms with E-state index in [4.69, 9.17) is 16.3 Å². The van der Waals surface area contributed by atoms with Crippen molar-refractivity contribution in [3.8, 4) is 0 Å². The van der Waals surface area contributed by atoms with Crippen LogP contribution in [0.4, 0.5) is 0 Å². The quantitative estimate of drug-likeness (QED) is 0.666. The van der Waals surface area contributed by atoms with Gasteiger partial charge in [0.15, 0.2) is 6.10 Å². The third kappa shape index (κ3) is 5.57. The zero-order valence-electron chi connectivity index (χ0n) is 10.9. The second kappa shape index (κ2) is 7.59. The normalized spacial score (nSPS) is 12.2. The van der Waals surface area contributed by atoms with Crippen molar-refractivity contribution in [2.75, 3.05) is 6.54 Å². The Hall–Kier alpha value is -1.81. The number of benzene rings is 1. The molecule has 0 bridgehead atoms. The van der Waals surface area contributed by atoms with E-state index in [1.165, 1.54) is 13.0 Å². The Morgan fingerprint density at radius 3 is 2.58 bits per heavy atom. The van der Waals surface area contributed by atoms with Gasteiger partial charge in [0, 0.05) is 17.6 Å². The molecule has 1 rings (SSSR count). The Morgan fingerprint density at radius 1 is 1.37 bits per heavy atom. The smallest absolute Gasteiger partial charge is 0.331 e. The predicted molar refractivity (Wildman–Crippen MR) is 74.7 cm³/mol. The Labute approximate surface area is 117 Å². The maximum absolute atomic E-state index is 11.5. The fourth-order valence-electron chi connectivity index (χ4n) is 1.32. The Morgan fingerprint density at radius 2 is 2.00 bits per heavy atom. The van der Waals surface area contributed by atoms with Crippen molar-refractivity contribution < 1.29 is 14.3 Å². The standard InChI is InChI=1S/C14H16ClNO3/c1-3-16-14(18)10(2)19-13(17)9-6-11-4-7-12(15)8-5-11/h4-10H,3H2,1-2H3,(H,16,18)/b9-6+/t10-/m0/s1. The van der Waals surface area contributed by atoms with E-state index >= 15 is 0 Å². The van der Waals surface area contributed by atoms with Crippen LogP contribution in [0.5, 0.6) is 0 Å². The van der Waals surface area contributed by atoms with Gasteiger partial charge in [-0.2, -0.15) is 0 Å². The number of carbonyl (C=O) groups is 2. The average molecular weight is 282 g/mol. The number of hydrogen-bond acceptors (Lipinski definition) is 3. The Balaban J connectivity index is 2.51. The van der Waals surface area contributed by atoms with Gasteiger partial charge in [0.1, 0.15) is 0 Å². The third-order valence-corrected chi connectivity index (χ3v) is 2.55. The van der Waals surface area contributed by atoms with Crippen LogP contribution in [0.1, 0.15) is 19.4 Å². The highest BCUT2D eigenvalue weighted by molar-refractivity contribution is 6.30. The molecule has 0 unspecified atom stereocenters. The lowest BCUT2D eigenvalue weighted by molar-refractivity contribution is -0.150. The first-order valence-electron chi connectivity index (χ1n) is 5.95. The molecule has 0 saturated heterocycles. The third-order valence-electron chi connectivity index (χ3n) is 2.30. The van der Waals surface area contributed by atoms with Crippen LogP contribution >= 0.6 is 11.6 Å². The zero-order chi connectivity index (χ0) is 14.3. The lowest BCUT2D eigenvalue weighted by Crippen LogP contribution is -2.35. The van der Waals surface area contributed by atoms with Crippen LogP contribution in [0.2, 0.25) is 5.02 Å². The van der Waals surface area contributed by atoms with Gasteiger partial charge in [-0.25, -0.2) is 4.79 Å². The topological polar surface area (TPSA) is 55.4 Å². The van der Waals surface area contributed by atoms with Gasteiger partial charge in [0.05, 0.1) is 0 Å². The van der Waals surface area contributed by atoms with Gasteiger partial charge < -0.3 is 10.1 Å². The van der Waals surface area contributed by atoms with Gasteiger partial charge in [-0.3, -0.25) is 4.79 Å². The minimum Gasteiger partial charge on any atom is -0.449 e. The Bertz CT molecular complexity index is 468. The van der Waals surface area contributed by atoms with Crippen molar-refractivity contribution in [3.63, 3.8) is 0 Å². The summed E-state index contributed by atoms with van der Waals surface area (Å²) in [5.74, 6) is -0.871. The fourth-order valence-corrected chi connectivity index (χ4v) is 1.45. The molecule has 0 radical (unpaired) electrons. The van der Waals surface area contributed by atoms with Gasteiger partial charge in [-0.05, 0) is 37.6 Å².